The Bertz CT molecular complexity index is 328. The molecule has 1 aromatic carbocycles. The van der Waals surface area contributed by atoms with Crippen molar-refractivity contribution in [2.45, 2.75) is 6.54 Å². The molecule has 1 fully saturated rings. The molecular weight excluding hydrogens is 184 g/mol. The van der Waals surface area contributed by atoms with Gasteiger partial charge < -0.3 is 10.0 Å². The van der Waals surface area contributed by atoms with Crippen LogP contribution in [0.25, 0.3) is 0 Å². The summed E-state index contributed by atoms with van der Waals surface area (Å²) in [6.45, 7) is 0.179. The molecule has 0 radical (unpaired) electrons. The summed E-state index contributed by atoms with van der Waals surface area (Å²) in [6.07, 6.45) is 0. The first-order valence-corrected chi connectivity index (χ1v) is 4.31. The molecule has 2 rings (SSSR count). The molecule has 5 nitrogen and oxygen atoms in total. The fraction of sp³-hybridized carbons (Fsp3) is 0.222. The maximum absolute atomic E-state index is 11.2. The van der Waals surface area contributed by atoms with Crippen LogP contribution in [-0.2, 0) is 16.2 Å². The van der Waals surface area contributed by atoms with Crippen molar-refractivity contribution in [3.63, 3.8) is 0 Å². The molecule has 1 aliphatic rings. The molecule has 0 bridgehead atoms. The Hall–Kier alpha value is -1.43. The van der Waals surface area contributed by atoms with Crippen molar-refractivity contribution in [2.24, 2.45) is 0 Å². The molecule has 1 N–H and O–H groups in total. The van der Waals surface area contributed by atoms with Gasteiger partial charge in [-0.3, -0.25) is 0 Å². The third-order valence-electron chi connectivity index (χ3n) is 1.95. The minimum atomic E-state index is -0.481. The second-order valence-electron chi connectivity index (χ2n) is 3.06. The third kappa shape index (κ3) is 1.90. The summed E-state index contributed by atoms with van der Waals surface area (Å²) >= 11 is 0. The van der Waals surface area contributed by atoms with Gasteiger partial charge in [-0.1, -0.05) is 30.3 Å². The largest absolute Gasteiger partial charge is 0.610 e. The van der Waals surface area contributed by atoms with Crippen molar-refractivity contribution in [1.29, 1.82) is 0 Å². The zero-order valence-electron chi connectivity index (χ0n) is 7.47. The number of hydrogen-bond donors (Lipinski definition) is 1. The van der Waals surface area contributed by atoms with E-state index in [2.05, 4.69) is 0 Å². The Labute approximate surface area is 81.0 Å². The van der Waals surface area contributed by atoms with E-state index in [0.29, 0.717) is 6.54 Å². The molecule has 0 saturated carbocycles. The van der Waals surface area contributed by atoms with Crippen LogP contribution in [0.4, 0.5) is 0 Å². The van der Waals surface area contributed by atoms with E-state index < -0.39 is 5.97 Å². The van der Waals surface area contributed by atoms with Gasteiger partial charge in [0.2, 0.25) is 0 Å². The van der Waals surface area contributed by atoms with E-state index in [4.69, 9.17) is 4.84 Å². The fourth-order valence-corrected chi connectivity index (χ4v) is 1.29. The van der Waals surface area contributed by atoms with Crippen LogP contribution in [0.15, 0.2) is 30.3 Å². The average molecular weight is 194 g/mol. The SMILES string of the molecule is O=C1C[NH+]([O-])N(Cc2ccccc2)O1. The first-order chi connectivity index (χ1) is 6.75. The second-order valence-corrected chi connectivity index (χ2v) is 3.06. The van der Waals surface area contributed by atoms with Crippen LogP contribution < -0.4 is 5.17 Å². The molecule has 0 aliphatic carbocycles. The standard InChI is InChI=1S/C9H10N2O3/c12-9-7-10(13)11(14-9)6-8-4-2-1-3-5-8/h1-5,10H,6-7H2. The molecule has 5 heteroatoms. The molecule has 1 atom stereocenters. The summed E-state index contributed by atoms with van der Waals surface area (Å²) in [6, 6.07) is 9.38. The summed E-state index contributed by atoms with van der Waals surface area (Å²) in [5.41, 5.74) is 0.940. The van der Waals surface area contributed by atoms with Gasteiger partial charge in [-0.25, -0.2) is 9.97 Å². The van der Waals surface area contributed by atoms with E-state index in [0.717, 1.165) is 10.7 Å². The topological polar surface area (TPSA) is 57.0 Å². The monoisotopic (exact) mass is 194 g/mol. The molecular formula is C9H10N2O3. The lowest BCUT2D eigenvalue weighted by Crippen LogP contribution is -3.11. The normalized spacial score (nSPS) is 22.4. The Balaban J connectivity index is 2.02. The van der Waals surface area contributed by atoms with Crippen LogP contribution >= 0.6 is 0 Å². The molecule has 14 heavy (non-hydrogen) atoms. The number of carbonyl (C=O) groups is 1. The van der Waals surface area contributed by atoms with Gasteiger partial charge in [-0.05, 0) is 5.56 Å². The van der Waals surface area contributed by atoms with Crippen LogP contribution in [0.5, 0.6) is 0 Å². The molecule has 0 spiro atoms. The van der Waals surface area contributed by atoms with Crippen LogP contribution in [0, 0.1) is 5.21 Å². The van der Waals surface area contributed by atoms with Crippen molar-refractivity contribution in [1.82, 2.24) is 5.17 Å². The lowest BCUT2D eigenvalue weighted by Gasteiger charge is -2.21. The van der Waals surface area contributed by atoms with E-state index >= 15 is 0 Å². The second kappa shape index (κ2) is 3.75. The lowest BCUT2D eigenvalue weighted by atomic mass is 10.2. The van der Waals surface area contributed by atoms with Crippen molar-refractivity contribution in [2.75, 3.05) is 6.54 Å². The quantitative estimate of drug-likeness (QED) is 0.630. The number of hydrogen-bond acceptors (Lipinski definition) is 4. The van der Waals surface area contributed by atoms with Crippen LogP contribution in [-0.4, -0.2) is 17.7 Å². The minimum Gasteiger partial charge on any atom is -0.610 e. The van der Waals surface area contributed by atoms with E-state index in [9.17, 15) is 10.0 Å². The lowest BCUT2D eigenvalue weighted by molar-refractivity contribution is -0.988. The molecule has 1 unspecified atom stereocenters. The number of quaternary nitrogens is 1. The Morgan fingerprint density at radius 2 is 2.14 bits per heavy atom. The predicted octanol–water partition coefficient (Wildman–Crippen LogP) is -0.742. The molecule has 74 valence electrons. The molecule has 1 heterocycles. The molecule has 0 aromatic heterocycles. The van der Waals surface area contributed by atoms with Crippen molar-refractivity contribution >= 4 is 5.97 Å². The Morgan fingerprint density at radius 3 is 2.71 bits per heavy atom. The van der Waals surface area contributed by atoms with Gasteiger partial charge in [-0.15, -0.1) is 0 Å². The zero-order valence-corrected chi connectivity index (χ0v) is 7.47. The fourth-order valence-electron chi connectivity index (χ4n) is 1.29. The molecule has 1 aliphatic heterocycles. The number of carbonyl (C=O) groups excluding carboxylic acids is 1. The Morgan fingerprint density at radius 1 is 1.43 bits per heavy atom. The summed E-state index contributed by atoms with van der Waals surface area (Å²) < 4.78 is 0. The smallest absolute Gasteiger partial charge is 0.387 e. The van der Waals surface area contributed by atoms with Crippen LogP contribution in [0.1, 0.15) is 5.56 Å². The van der Waals surface area contributed by atoms with E-state index in [1.165, 1.54) is 0 Å². The number of benzene rings is 1. The van der Waals surface area contributed by atoms with Gasteiger partial charge in [0.05, 0.1) is 0 Å². The summed E-state index contributed by atoms with van der Waals surface area (Å²) in [5, 5.41) is 12.0. The number of nitrogens with zero attached hydrogens (tertiary/aromatic N) is 1. The summed E-state index contributed by atoms with van der Waals surface area (Å²) in [4.78, 5) is 15.5. The molecule has 1 saturated heterocycles. The van der Waals surface area contributed by atoms with Crippen molar-refractivity contribution in [3.05, 3.63) is 41.1 Å². The Kier molecular flexibility index (Phi) is 2.45. The third-order valence-corrected chi connectivity index (χ3v) is 1.95. The first-order valence-electron chi connectivity index (χ1n) is 4.31. The van der Waals surface area contributed by atoms with Crippen molar-refractivity contribution in [3.8, 4) is 0 Å². The van der Waals surface area contributed by atoms with Gasteiger partial charge in [0.1, 0.15) is 6.54 Å². The van der Waals surface area contributed by atoms with E-state index in [1.807, 2.05) is 30.3 Å². The first kappa shape index (κ1) is 9.14. The van der Waals surface area contributed by atoms with E-state index in [1.54, 1.807) is 0 Å². The van der Waals surface area contributed by atoms with Gasteiger partial charge in [0.15, 0.2) is 6.54 Å². The highest BCUT2D eigenvalue weighted by Gasteiger charge is 2.29. The van der Waals surface area contributed by atoms with Gasteiger partial charge in [-0.2, -0.15) is 0 Å². The zero-order chi connectivity index (χ0) is 9.97. The van der Waals surface area contributed by atoms with Crippen molar-refractivity contribution < 1.29 is 14.8 Å². The van der Waals surface area contributed by atoms with Gasteiger partial charge in [0.25, 0.3) is 0 Å². The summed E-state index contributed by atoms with van der Waals surface area (Å²) in [7, 11) is 0. The number of rotatable bonds is 2. The van der Waals surface area contributed by atoms with Crippen LogP contribution in [0.3, 0.4) is 0 Å². The minimum absolute atomic E-state index is 0.146. The maximum Gasteiger partial charge on any atom is 0.387 e. The predicted molar refractivity (Wildman–Crippen MR) is 47.3 cm³/mol. The highest BCUT2D eigenvalue weighted by molar-refractivity contribution is 5.70. The molecule has 0 amide bonds. The van der Waals surface area contributed by atoms with Gasteiger partial charge in [0, 0.05) is 5.17 Å². The number of nitrogens with one attached hydrogen (secondary N) is 1. The maximum atomic E-state index is 11.2. The highest BCUT2D eigenvalue weighted by atomic mass is 16.8. The van der Waals surface area contributed by atoms with E-state index in [-0.39, 0.29) is 11.7 Å². The molecule has 1 aromatic rings. The average Bonchev–Trinajstić information content (AvgIpc) is 2.47. The summed E-state index contributed by atoms with van der Waals surface area (Å²) in [5.74, 6) is -0.481. The highest BCUT2D eigenvalue weighted by Crippen LogP contribution is 2.02. The van der Waals surface area contributed by atoms with Crippen LogP contribution in [0.2, 0.25) is 0 Å². The van der Waals surface area contributed by atoms with Gasteiger partial charge >= 0.3 is 5.97 Å². The number of hydroxylamine groups is 2.